The van der Waals surface area contributed by atoms with Crippen LogP contribution in [0.1, 0.15) is 0 Å². The van der Waals surface area contributed by atoms with Crippen molar-refractivity contribution in [3.8, 4) is 5.75 Å². The number of phenols is 1. The van der Waals surface area contributed by atoms with Crippen LogP contribution < -0.4 is 5.73 Å². The number of phenolic OH excluding ortho intramolecular Hbond substituents is 1. The van der Waals surface area contributed by atoms with Crippen molar-refractivity contribution in [2.45, 2.75) is 0 Å². The van der Waals surface area contributed by atoms with Gasteiger partial charge in [-0.3, -0.25) is 0 Å². The van der Waals surface area contributed by atoms with Gasteiger partial charge in [0.25, 0.3) is 0 Å². The number of nitrogens with two attached hydrogens (primary N) is 1. The Kier molecular flexibility index (Phi) is 1.18. The lowest BCUT2D eigenvalue weighted by Gasteiger charge is -1.99. The van der Waals surface area contributed by atoms with Crippen LogP contribution in [0.15, 0.2) is 24.4 Å². The predicted octanol–water partition coefficient (Wildman–Crippen LogP) is 1.17. The molecule has 0 aliphatic heterocycles. The third kappa shape index (κ3) is 0.717. The second-order valence-electron chi connectivity index (χ2n) is 2.60. The normalized spacial score (nSPS) is 10.7. The molecule has 1 aromatic carbocycles. The molecule has 0 saturated carbocycles. The summed E-state index contributed by atoms with van der Waals surface area (Å²) in [6, 6.07) is 4.79. The number of fused-ring (bicyclic) bond motifs is 1. The molecule has 0 fully saturated rings. The van der Waals surface area contributed by atoms with Crippen LogP contribution in [-0.4, -0.2) is 15.0 Å². The highest BCUT2D eigenvalue weighted by molar-refractivity contribution is 5.90. The Morgan fingerprint density at radius 3 is 2.75 bits per heavy atom. The van der Waals surface area contributed by atoms with Crippen molar-refractivity contribution in [1.82, 2.24) is 4.73 Å². The lowest BCUT2D eigenvalue weighted by atomic mass is 10.2. The van der Waals surface area contributed by atoms with Gasteiger partial charge in [-0.05, 0) is 18.2 Å². The standard InChI is InChI=1S/C8H8N2O2/c9-6-1-2-7-5(8(6)11)3-4-10(7)12/h1-4,11-12H,9H2. The topological polar surface area (TPSA) is 71.4 Å². The van der Waals surface area contributed by atoms with E-state index in [0.717, 1.165) is 4.73 Å². The van der Waals surface area contributed by atoms with Crippen molar-refractivity contribution in [3.05, 3.63) is 24.4 Å². The summed E-state index contributed by atoms with van der Waals surface area (Å²) in [5.74, 6) is 0.0142. The highest BCUT2D eigenvalue weighted by atomic mass is 16.5. The second-order valence-corrected chi connectivity index (χ2v) is 2.60. The number of aromatic nitrogens is 1. The molecule has 1 heterocycles. The van der Waals surface area contributed by atoms with Gasteiger partial charge in [-0.25, -0.2) is 0 Å². The van der Waals surface area contributed by atoms with Gasteiger partial charge in [0.15, 0.2) is 0 Å². The van der Waals surface area contributed by atoms with Gasteiger partial charge in [0.05, 0.1) is 11.2 Å². The maximum atomic E-state index is 9.42. The lowest BCUT2D eigenvalue weighted by Crippen LogP contribution is -1.88. The number of rotatable bonds is 0. The third-order valence-electron chi connectivity index (χ3n) is 1.85. The van der Waals surface area contributed by atoms with Gasteiger partial charge in [-0.2, -0.15) is 4.73 Å². The summed E-state index contributed by atoms with van der Waals surface area (Å²) in [5, 5.41) is 19.2. The van der Waals surface area contributed by atoms with Crippen molar-refractivity contribution in [1.29, 1.82) is 0 Å². The van der Waals surface area contributed by atoms with Gasteiger partial charge < -0.3 is 16.0 Å². The average Bonchev–Trinajstić information content (AvgIpc) is 2.41. The summed E-state index contributed by atoms with van der Waals surface area (Å²) in [7, 11) is 0. The summed E-state index contributed by atoms with van der Waals surface area (Å²) in [6.07, 6.45) is 1.45. The molecule has 2 aromatic rings. The van der Waals surface area contributed by atoms with Gasteiger partial charge in [0.1, 0.15) is 5.75 Å². The molecule has 0 spiro atoms. The molecule has 0 atom stereocenters. The van der Waals surface area contributed by atoms with Crippen LogP contribution in [0.5, 0.6) is 5.75 Å². The SMILES string of the molecule is Nc1ccc2c(ccn2O)c1O. The molecule has 2 rings (SSSR count). The maximum Gasteiger partial charge on any atom is 0.147 e. The van der Waals surface area contributed by atoms with E-state index in [1.807, 2.05) is 0 Å². The first-order chi connectivity index (χ1) is 5.70. The highest BCUT2D eigenvalue weighted by Gasteiger charge is 2.06. The molecule has 0 unspecified atom stereocenters. The molecule has 0 amide bonds. The Morgan fingerprint density at radius 1 is 1.25 bits per heavy atom. The summed E-state index contributed by atoms with van der Waals surface area (Å²) >= 11 is 0. The zero-order valence-electron chi connectivity index (χ0n) is 6.23. The van der Waals surface area contributed by atoms with E-state index in [0.29, 0.717) is 16.6 Å². The smallest absolute Gasteiger partial charge is 0.147 e. The summed E-state index contributed by atoms with van der Waals surface area (Å²) in [5.41, 5.74) is 6.31. The molecule has 12 heavy (non-hydrogen) atoms. The Hall–Kier alpha value is -1.84. The summed E-state index contributed by atoms with van der Waals surface area (Å²) in [4.78, 5) is 0. The van der Waals surface area contributed by atoms with Crippen LogP contribution in [0.3, 0.4) is 0 Å². The number of anilines is 1. The number of hydrogen-bond acceptors (Lipinski definition) is 3. The minimum atomic E-state index is 0.0142. The second kappa shape index (κ2) is 2.07. The molecular weight excluding hydrogens is 156 g/mol. The number of benzene rings is 1. The van der Waals surface area contributed by atoms with E-state index < -0.39 is 0 Å². The van der Waals surface area contributed by atoms with Crippen LogP contribution in [0.4, 0.5) is 5.69 Å². The molecule has 0 aliphatic carbocycles. The highest BCUT2D eigenvalue weighted by Crippen LogP contribution is 2.30. The number of nitrogen functional groups attached to an aromatic ring is 1. The molecule has 4 nitrogen and oxygen atoms in total. The lowest BCUT2D eigenvalue weighted by molar-refractivity contribution is 0.200. The largest absolute Gasteiger partial charge is 0.505 e. The zero-order valence-corrected chi connectivity index (χ0v) is 6.23. The van der Waals surface area contributed by atoms with E-state index in [1.165, 1.54) is 6.20 Å². The van der Waals surface area contributed by atoms with E-state index in [4.69, 9.17) is 5.73 Å². The van der Waals surface area contributed by atoms with Crippen molar-refractivity contribution in [2.24, 2.45) is 0 Å². The minimum absolute atomic E-state index is 0.0142. The van der Waals surface area contributed by atoms with Gasteiger partial charge in [0, 0.05) is 11.6 Å². The fourth-order valence-corrected chi connectivity index (χ4v) is 1.20. The van der Waals surface area contributed by atoms with Gasteiger partial charge in [0.2, 0.25) is 0 Å². The van der Waals surface area contributed by atoms with Crippen LogP contribution in [0.2, 0.25) is 0 Å². The summed E-state index contributed by atoms with van der Waals surface area (Å²) in [6.45, 7) is 0. The van der Waals surface area contributed by atoms with Gasteiger partial charge >= 0.3 is 0 Å². The molecule has 1 aromatic heterocycles. The Labute approximate surface area is 68.4 Å². The minimum Gasteiger partial charge on any atom is -0.505 e. The number of nitrogens with zero attached hydrogens (tertiary/aromatic N) is 1. The average molecular weight is 164 g/mol. The number of hydrogen-bond donors (Lipinski definition) is 3. The van der Waals surface area contributed by atoms with E-state index >= 15 is 0 Å². The molecule has 0 saturated heterocycles. The van der Waals surface area contributed by atoms with Crippen LogP contribution >= 0.6 is 0 Å². The predicted molar refractivity (Wildman–Crippen MR) is 45.2 cm³/mol. The van der Waals surface area contributed by atoms with Crippen LogP contribution in [0.25, 0.3) is 10.9 Å². The first kappa shape index (κ1) is 6.84. The summed E-state index contributed by atoms with van der Waals surface area (Å²) < 4.78 is 0.939. The fraction of sp³-hybridized carbons (Fsp3) is 0. The Balaban J connectivity index is 2.93. The van der Waals surface area contributed by atoms with E-state index in [1.54, 1.807) is 18.2 Å². The monoisotopic (exact) mass is 164 g/mol. The molecule has 4 N–H and O–H groups in total. The zero-order chi connectivity index (χ0) is 8.72. The van der Waals surface area contributed by atoms with Gasteiger partial charge in [-0.1, -0.05) is 0 Å². The van der Waals surface area contributed by atoms with E-state index in [9.17, 15) is 10.3 Å². The molecule has 0 bridgehead atoms. The van der Waals surface area contributed by atoms with Gasteiger partial charge in [-0.15, -0.1) is 0 Å². The third-order valence-corrected chi connectivity index (χ3v) is 1.85. The number of aromatic hydroxyl groups is 1. The van der Waals surface area contributed by atoms with Crippen LogP contribution in [-0.2, 0) is 0 Å². The van der Waals surface area contributed by atoms with Crippen molar-refractivity contribution in [3.63, 3.8) is 0 Å². The Bertz CT molecular complexity index is 434. The quantitative estimate of drug-likeness (QED) is 0.311. The van der Waals surface area contributed by atoms with Crippen molar-refractivity contribution >= 4 is 16.6 Å². The Morgan fingerprint density at radius 2 is 2.00 bits per heavy atom. The molecule has 0 radical (unpaired) electrons. The van der Waals surface area contributed by atoms with Crippen molar-refractivity contribution in [2.75, 3.05) is 5.73 Å². The van der Waals surface area contributed by atoms with Crippen LogP contribution in [0, 0.1) is 0 Å². The first-order valence-corrected chi connectivity index (χ1v) is 3.48. The fourth-order valence-electron chi connectivity index (χ4n) is 1.20. The first-order valence-electron chi connectivity index (χ1n) is 3.48. The van der Waals surface area contributed by atoms with Crippen molar-refractivity contribution < 1.29 is 10.3 Å². The molecule has 0 aliphatic rings. The maximum absolute atomic E-state index is 9.42. The van der Waals surface area contributed by atoms with E-state index in [2.05, 4.69) is 0 Å². The van der Waals surface area contributed by atoms with E-state index in [-0.39, 0.29) is 5.75 Å². The molecular formula is C8H8N2O2. The molecule has 62 valence electrons. The molecule has 4 heteroatoms.